The van der Waals surface area contributed by atoms with E-state index in [1.165, 1.54) is 28.0 Å². The van der Waals surface area contributed by atoms with Crippen LogP contribution >= 0.6 is 11.3 Å². The van der Waals surface area contributed by atoms with Crippen LogP contribution in [0.25, 0.3) is 23.0 Å². The zero-order valence-corrected chi connectivity index (χ0v) is 26.2. The van der Waals surface area contributed by atoms with Gasteiger partial charge in [-0.05, 0) is 56.7 Å². The number of nitrogens with zero attached hydrogens (tertiary/aromatic N) is 5. The van der Waals surface area contributed by atoms with Gasteiger partial charge in [-0.3, -0.25) is 19.5 Å². The number of allylic oxidation sites excluding steroid dienone is 1. The first-order valence-electron chi connectivity index (χ1n) is 14.4. The molecule has 1 aliphatic heterocycles. The van der Waals surface area contributed by atoms with Crippen molar-refractivity contribution in [1.29, 1.82) is 0 Å². The van der Waals surface area contributed by atoms with Crippen LogP contribution in [0.3, 0.4) is 0 Å². The summed E-state index contributed by atoms with van der Waals surface area (Å²) >= 11 is 1.18. The summed E-state index contributed by atoms with van der Waals surface area (Å²) in [6.07, 6.45) is 3.11. The van der Waals surface area contributed by atoms with Crippen LogP contribution in [0.4, 0.5) is 5.69 Å². The molecule has 11 nitrogen and oxygen atoms in total. The second-order valence-corrected chi connectivity index (χ2v) is 11.8. The number of methoxy groups -OCH3 is 1. The highest BCUT2D eigenvalue weighted by atomic mass is 32.1. The fraction of sp³-hybridized carbons (Fsp3) is 0.176. The maximum Gasteiger partial charge on any atom is 0.338 e. The molecule has 232 valence electrons. The summed E-state index contributed by atoms with van der Waals surface area (Å²) in [7, 11) is 1.56. The fourth-order valence-electron chi connectivity index (χ4n) is 5.30. The molecule has 3 heterocycles. The molecule has 12 heteroatoms. The minimum Gasteiger partial charge on any atom is -0.497 e. The summed E-state index contributed by atoms with van der Waals surface area (Å²) in [5.74, 6) is 0.0794. The van der Waals surface area contributed by atoms with Gasteiger partial charge in [0.25, 0.3) is 11.2 Å². The molecule has 0 spiro atoms. The fourth-order valence-corrected chi connectivity index (χ4v) is 6.34. The van der Waals surface area contributed by atoms with Gasteiger partial charge in [0, 0.05) is 29.5 Å². The summed E-state index contributed by atoms with van der Waals surface area (Å²) in [5.41, 5.74) is 3.31. The summed E-state index contributed by atoms with van der Waals surface area (Å²) < 4.78 is 14.4. The van der Waals surface area contributed by atoms with Crippen molar-refractivity contribution in [3.63, 3.8) is 0 Å². The Hall–Kier alpha value is -5.62. The highest BCUT2D eigenvalue weighted by Gasteiger charge is 2.34. The van der Waals surface area contributed by atoms with E-state index in [2.05, 4.69) is 4.99 Å². The number of non-ortho nitro benzene ring substituents is 1. The molecule has 0 aliphatic carbocycles. The average Bonchev–Trinajstić information content (AvgIpc) is 3.61. The van der Waals surface area contributed by atoms with Gasteiger partial charge < -0.3 is 9.47 Å². The molecular formula is C34H29N5O6S. The standard InChI is InChI=1S/C34H29N5O6S/c1-20(2)45-33(41)29-21(3)35-34-38(31(29)22-13-15-27(44-4)16-14-22)32(40)28(46-34)18-24-19-37(25-10-6-5-7-11-25)36-30(24)23-9-8-12-26(17-23)39(42)43/h5-20,31H,1-4H3/b28-18+/t31-/m1/s1. The lowest BCUT2D eigenvalue weighted by molar-refractivity contribution is -0.384. The predicted molar refractivity (Wildman–Crippen MR) is 174 cm³/mol. The lowest BCUT2D eigenvalue weighted by Gasteiger charge is -2.25. The molecule has 46 heavy (non-hydrogen) atoms. The molecule has 1 atom stereocenters. The number of nitro benzene ring substituents is 1. The highest BCUT2D eigenvalue weighted by molar-refractivity contribution is 7.07. The first-order valence-corrected chi connectivity index (χ1v) is 15.2. The molecule has 0 radical (unpaired) electrons. The minimum atomic E-state index is -0.793. The zero-order chi connectivity index (χ0) is 32.5. The van der Waals surface area contributed by atoms with E-state index in [1.54, 1.807) is 69.1 Å². The second kappa shape index (κ2) is 12.4. The molecule has 0 amide bonds. The molecular weight excluding hydrogens is 606 g/mol. The van der Waals surface area contributed by atoms with Gasteiger partial charge in [0.05, 0.1) is 45.7 Å². The van der Waals surface area contributed by atoms with Gasteiger partial charge in [-0.1, -0.05) is 53.8 Å². The van der Waals surface area contributed by atoms with Crippen molar-refractivity contribution in [1.82, 2.24) is 14.3 Å². The molecule has 0 fully saturated rings. The van der Waals surface area contributed by atoms with Crippen molar-refractivity contribution >= 4 is 29.1 Å². The number of hydrogen-bond acceptors (Lipinski definition) is 9. The molecule has 1 aliphatic rings. The lowest BCUT2D eigenvalue weighted by atomic mass is 9.96. The van der Waals surface area contributed by atoms with Gasteiger partial charge in [0.1, 0.15) is 11.4 Å². The molecule has 6 rings (SSSR count). The Morgan fingerprint density at radius 2 is 1.80 bits per heavy atom. The zero-order valence-electron chi connectivity index (χ0n) is 25.4. The van der Waals surface area contributed by atoms with Crippen molar-refractivity contribution in [2.75, 3.05) is 7.11 Å². The molecule has 0 saturated carbocycles. The van der Waals surface area contributed by atoms with E-state index in [0.717, 1.165) is 5.69 Å². The predicted octanol–water partition coefficient (Wildman–Crippen LogP) is 4.96. The SMILES string of the molecule is COc1ccc([C@@H]2C(C(=O)OC(C)C)=C(C)N=c3s/c(=C/c4cn(-c5ccccc5)nc4-c4cccc([N+](=O)[O-])c4)c(=O)n32)cc1. The maximum atomic E-state index is 14.3. The number of rotatable bonds is 8. The van der Waals surface area contributed by atoms with E-state index in [1.807, 2.05) is 42.5 Å². The van der Waals surface area contributed by atoms with Crippen LogP contribution in [0.1, 0.15) is 37.9 Å². The van der Waals surface area contributed by atoms with E-state index in [9.17, 15) is 19.7 Å². The number of fused-ring (bicyclic) bond motifs is 1. The van der Waals surface area contributed by atoms with Crippen molar-refractivity contribution in [3.8, 4) is 22.7 Å². The normalized spacial score (nSPS) is 14.6. The molecule has 0 saturated heterocycles. The van der Waals surface area contributed by atoms with Crippen molar-refractivity contribution in [2.45, 2.75) is 32.9 Å². The van der Waals surface area contributed by atoms with Crippen molar-refractivity contribution in [3.05, 3.63) is 137 Å². The largest absolute Gasteiger partial charge is 0.497 e. The van der Waals surface area contributed by atoms with Gasteiger partial charge >= 0.3 is 5.97 Å². The summed E-state index contributed by atoms with van der Waals surface area (Å²) in [4.78, 5) is 43.9. The van der Waals surface area contributed by atoms with E-state index in [4.69, 9.17) is 14.6 Å². The van der Waals surface area contributed by atoms with Crippen LogP contribution in [-0.4, -0.2) is 38.5 Å². The summed E-state index contributed by atoms with van der Waals surface area (Å²) in [6, 6.07) is 22.0. The number of hydrogen-bond donors (Lipinski definition) is 0. The number of nitro groups is 1. The topological polar surface area (TPSA) is 131 Å². The number of aromatic nitrogens is 3. The smallest absolute Gasteiger partial charge is 0.338 e. The Morgan fingerprint density at radius 3 is 2.48 bits per heavy atom. The monoisotopic (exact) mass is 635 g/mol. The minimum absolute atomic E-state index is 0.0761. The number of ether oxygens (including phenoxy) is 2. The van der Waals surface area contributed by atoms with Crippen LogP contribution in [0.15, 0.2) is 106 Å². The second-order valence-electron chi connectivity index (χ2n) is 10.8. The number of carbonyl (C=O) groups excluding carboxylic acids is 1. The van der Waals surface area contributed by atoms with E-state index in [-0.39, 0.29) is 22.9 Å². The van der Waals surface area contributed by atoms with Gasteiger partial charge in [-0.2, -0.15) is 5.10 Å². The summed E-state index contributed by atoms with van der Waals surface area (Å²) in [5, 5.41) is 16.3. The molecule has 2 aromatic heterocycles. The van der Waals surface area contributed by atoms with Gasteiger partial charge in [-0.15, -0.1) is 0 Å². The lowest BCUT2D eigenvalue weighted by Crippen LogP contribution is -2.40. The quantitative estimate of drug-likeness (QED) is 0.134. The molecule has 0 bridgehead atoms. The van der Waals surface area contributed by atoms with Crippen molar-refractivity contribution < 1.29 is 19.2 Å². The third-order valence-electron chi connectivity index (χ3n) is 7.40. The Kier molecular flexibility index (Phi) is 8.20. The third kappa shape index (κ3) is 5.77. The van der Waals surface area contributed by atoms with Crippen LogP contribution < -0.4 is 19.6 Å². The Morgan fingerprint density at radius 1 is 1.07 bits per heavy atom. The number of benzene rings is 3. The number of esters is 1. The first kappa shape index (κ1) is 30.4. The van der Waals surface area contributed by atoms with E-state index < -0.39 is 16.9 Å². The van der Waals surface area contributed by atoms with Crippen LogP contribution in [0, 0.1) is 10.1 Å². The number of thiazole rings is 1. The third-order valence-corrected chi connectivity index (χ3v) is 8.38. The Balaban J connectivity index is 1.56. The van der Waals surface area contributed by atoms with Crippen LogP contribution in [0.2, 0.25) is 0 Å². The molecule has 0 unspecified atom stereocenters. The molecule has 0 N–H and O–H groups in total. The van der Waals surface area contributed by atoms with Gasteiger partial charge in [-0.25, -0.2) is 14.5 Å². The maximum absolute atomic E-state index is 14.3. The Labute approximate surface area is 267 Å². The van der Waals surface area contributed by atoms with Crippen LogP contribution in [-0.2, 0) is 9.53 Å². The van der Waals surface area contributed by atoms with Crippen molar-refractivity contribution in [2.24, 2.45) is 4.99 Å². The number of carbonyl (C=O) groups is 1. The molecule has 3 aromatic carbocycles. The highest BCUT2D eigenvalue weighted by Crippen LogP contribution is 2.32. The summed E-state index contributed by atoms with van der Waals surface area (Å²) in [6.45, 7) is 5.26. The molecule has 5 aromatic rings. The van der Waals surface area contributed by atoms with E-state index in [0.29, 0.717) is 43.2 Å². The Bertz CT molecular complexity index is 2180. The van der Waals surface area contributed by atoms with Gasteiger partial charge in [0.15, 0.2) is 4.80 Å². The average molecular weight is 636 g/mol. The first-order chi connectivity index (χ1) is 22.1. The van der Waals surface area contributed by atoms with E-state index >= 15 is 0 Å². The van der Waals surface area contributed by atoms with Gasteiger partial charge in [0.2, 0.25) is 0 Å². The van der Waals surface area contributed by atoms with Crippen LogP contribution in [0.5, 0.6) is 5.75 Å². The number of para-hydroxylation sites is 1.